The Morgan fingerprint density at radius 2 is 1.40 bits per heavy atom. The Bertz CT molecular complexity index is 1630. The third-order valence-corrected chi connectivity index (χ3v) is 9.06. The number of anilines is 1. The smallest absolute Gasteiger partial charge is 0.264 e. The monoisotopic (exact) mass is 601 g/mol. The van der Waals surface area contributed by atoms with Gasteiger partial charge in [-0.1, -0.05) is 92.7 Å². The number of hydrogen-bond acceptors (Lipinski definition) is 4. The van der Waals surface area contributed by atoms with Crippen LogP contribution in [-0.2, 0) is 32.6 Å². The zero-order valence-corrected chi connectivity index (χ0v) is 25.3. The summed E-state index contributed by atoms with van der Waals surface area (Å²) < 4.78 is 43.9. The van der Waals surface area contributed by atoms with Crippen LogP contribution in [0.25, 0.3) is 0 Å². The van der Waals surface area contributed by atoms with Crippen molar-refractivity contribution in [2.24, 2.45) is 0 Å². The lowest BCUT2D eigenvalue weighted by molar-refractivity contribution is -0.139. The molecule has 0 aliphatic rings. The molecule has 1 atom stereocenters. The summed E-state index contributed by atoms with van der Waals surface area (Å²) in [5, 5.41) is 2.62. The molecule has 9 heteroatoms. The maximum absolute atomic E-state index is 14.9. The van der Waals surface area contributed by atoms with E-state index in [0.717, 1.165) is 15.4 Å². The van der Waals surface area contributed by atoms with E-state index in [9.17, 15) is 22.4 Å². The molecule has 224 valence electrons. The first-order chi connectivity index (χ1) is 20.6. The van der Waals surface area contributed by atoms with Gasteiger partial charge in [-0.2, -0.15) is 0 Å². The second kappa shape index (κ2) is 14.1. The quantitative estimate of drug-likeness (QED) is 0.231. The van der Waals surface area contributed by atoms with Gasteiger partial charge in [-0.3, -0.25) is 13.9 Å². The van der Waals surface area contributed by atoms with Crippen molar-refractivity contribution >= 4 is 27.5 Å². The number of halogens is 1. The third kappa shape index (κ3) is 7.67. The molecule has 0 spiro atoms. The van der Waals surface area contributed by atoms with E-state index in [-0.39, 0.29) is 29.3 Å². The molecule has 4 aromatic rings. The molecule has 1 unspecified atom stereocenters. The second-order valence-electron chi connectivity index (χ2n) is 10.5. The summed E-state index contributed by atoms with van der Waals surface area (Å²) in [5.74, 6) is -1.42. The van der Waals surface area contributed by atoms with Crippen LogP contribution in [0.2, 0.25) is 0 Å². The van der Waals surface area contributed by atoms with E-state index in [1.807, 2.05) is 56.3 Å². The van der Waals surface area contributed by atoms with Crippen molar-refractivity contribution in [3.8, 4) is 0 Å². The molecule has 0 bridgehead atoms. The van der Waals surface area contributed by atoms with Gasteiger partial charge in [-0.25, -0.2) is 12.8 Å². The first kappa shape index (κ1) is 31.4. The average Bonchev–Trinajstić information content (AvgIpc) is 3.02. The molecule has 0 saturated carbocycles. The fraction of sp³-hybridized carbons (Fsp3) is 0.235. The van der Waals surface area contributed by atoms with E-state index >= 15 is 0 Å². The molecule has 0 heterocycles. The zero-order chi connectivity index (χ0) is 31.0. The summed E-state index contributed by atoms with van der Waals surface area (Å²) in [4.78, 5) is 28.8. The third-order valence-electron chi connectivity index (χ3n) is 7.27. The topological polar surface area (TPSA) is 86.8 Å². The highest BCUT2D eigenvalue weighted by Crippen LogP contribution is 2.27. The highest BCUT2D eigenvalue weighted by molar-refractivity contribution is 7.92. The number of likely N-dealkylation sites (N-methyl/N-ethyl adjacent to an activating group) is 1. The molecule has 1 N–H and O–H groups in total. The highest BCUT2D eigenvalue weighted by atomic mass is 32.2. The van der Waals surface area contributed by atoms with Crippen LogP contribution in [0.15, 0.2) is 114 Å². The van der Waals surface area contributed by atoms with Crippen molar-refractivity contribution in [1.82, 2.24) is 10.2 Å². The van der Waals surface area contributed by atoms with Gasteiger partial charge in [0.2, 0.25) is 11.8 Å². The zero-order valence-electron chi connectivity index (χ0n) is 24.5. The lowest BCUT2D eigenvalue weighted by atomic mass is 10.0. The number of hydrogen-bond donors (Lipinski definition) is 1. The van der Waals surface area contributed by atoms with E-state index in [0.29, 0.717) is 5.69 Å². The first-order valence-electron chi connectivity index (χ1n) is 14.1. The number of carbonyl (C=O) groups excluding carboxylic acids is 2. The number of nitrogens with zero attached hydrogens (tertiary/aromatic N) is 2. The second-order valence-corrected chi connectivity index (χ2v) is 12.4. The van der Waals surface area contributed by atoms with E-state index < -0.39 is 40.2 Å². The van der Waals surface area contributed by atoms with Crippen molar-refractivity contribution in [2.75, 3.05) is 17.9 Å². The molecule has 2 amide bonds. The van der Waals surface area contributed by atoms with Crippen LogP contribution >= 0.6 is 0 Å². The molecular formula is C34H36FN3O4S. The molecule has 0 radical (unpaired) electrons. The van der Waals surface area contributed by atoms with Gasteiger partial charge in [0.05, 0.1) is 10.6 Å². The summed E-state index contributed by atoms with van der Waals surface area (Å²) in [5.41, 5.74) is 2.31. The van der Waals surface area contributed by atoms with Gasteiger partial charge in [0.1, 0.15) is 18.4 Å². The Morgan fingerprint density at radius 3 is 1.98 bits per heavy atom. The standard InChI is InChI=1S/C34H36FN3O4S/c1-25(2)27-18-20-29(21-19-27)38(43(41,42)30-15-8-5-9-16-30)24-33(39)37(23-28-14-10-11-17-31(28)35)32(34(40)36-3)22-26-12-6-4-7-13-26/h4-21,25,32H,22-24H2,1-3H3,(H,36,40). The number of nitrogens with one attached hydrogen (secondary N) is 1. The van der Waals surface area contributed by atoms with Crippen LogP contribution in [0.5, 0.6) is 0 Å². The Hall–Kier alpha value is -4.50. The van der Waals surface area contributed by atoms with Gasteiger partial charge in [-0.05, 0) is 47.4 Å². The SMILES string of the molecule is CNC(=O)C(Cc1ccccc1)N(Cc1ccccc1F)C(=O)CN(c1ccc(C(C)C)cc1)S(=O)(=O)c1ccccc1. The number of carbonyl (C=O) groups is 2. The van der Waals surface area contributed by atoms with E-state index in [4.69, 9.17) is 0 Å². The molecule has 0 aliphatic carbocycles. The normalized spacial score (nSPS) is 12.0. The maximum atomic E-state index is 14.9. The van der Waals surface area contributed by atoms with E-state index in [2.05, 4.69) is 5.32 Å². The van der Waals surface area contributed by atoms with Crippen molar-refractivity contribution in [3.05, 3.63) is 132 Å². The Labute approximate surface area is 253 Å². The largest absolute Gasteiger partial charge is 0.357 e. The molecule has 4 rings (SSSR count). The van der Waals surface area contributed by atoms with Crippen LogP contribution < -0.4 is 9.62 Å². The average molecular weight is 602 g/mol. The maximum Gasteiger partial charge on any atom is 0.264 e. The van der Waals surface area contributed by atoms with Crippen molar-refractivity contribution < 1.29 is 22.4 Å². The fourth-order valence-corrected chi connectivity index (χ4v) is 6.24. The van der Waals surface area contributed by atoms with Crippen LogP contribution in [0.1, 0.15) is 36.5 Å². The van der Waals surface area contributed by atoms with Crippen LogP contribution in [0, 0.1) is 5.82 Å². The Morgan fingerprint density at radius 1 is 0.814 bits per heavy atom. The highest BCUT2D eigenvalue weighted by Gasteiger charge is 2.34. The minimum atomic E-state index is -4.20. The number of rotatable bonds is 12. The van der Waals surface area contributed by atoms with Gasteiger partial charge in [0.15, 0.2) is 0 Å². The molecule has 0 aliphatic heterocycles. The molecule has 7 nitrogen and oxygen atoms in total. The van der Waals surface area contributed by atoms with Crippen LogP contribution in [0.4, 0.5) is 10.1 Å². The summed E-state index contributed by atoms with van der Waals surface area (Å²) in [6, 6.07) is 29.0. The molecule has 0 fully saturated rings. The molecule has 0 saturated heterocycles. The van der Waals surface area contributed by atoms with Crippen LogP contribution in [0.3, 0.4) is 0 Å². The molecule has 4 aromatic carbocycles. The molecule has 0 aromatic heterocycles. The van der Waals surface area contributed by atoms with Crippen molar-refractivity contribution in [2.45, 2.75) is 43.7 Å². The predicted molar refractivity (Wildman–Crippen MR) is 166 cm³/mol. The lowest BCUT2D eigenvalue weighted by Crippen LogP contribution is -2.53. The molecular weight excluding hydrogens is 565 g/mol. The number of benzene rings is 4. The van der Waals surface area contributed by atoms with Gasteiger partial charge in [0.25, 0.3) is 10.0 Å². The predicted octanol–water partition coefficient (Wildman–Crippen LogP) is 5.53. The van der Waals surface area contributed by atoms with Gasteiger partial charge >= 0.3 is 0 Å². The number of sulfonamides is 1. The summed E-state index contributed by atoms with van der Waals surface area (Å²) in [6.07, 6.45) is 0.148. The van der Waals surface area contributed by atoms with Gasteiger partial charge < -0.3 is 10.2 Å². The Balaban J connectivity index is 1.79. The first-order valence-corrected chi connectivity index (χ1v) is 15.5. The summed E-state index contributed by atoms with van der Waals surface area (Å²) >= 11 is 0. The fourth-order valence-electron chi connectivity index (χ4n) is 4.80. The lowest BCUT2D eigenvalue weighted by Gasteiger charge is -2.33. The van der Waals surface area contributed by atoms with Crippen molar-refractivity contribution in [3.63, 3.8) is 0 Å². The Kier molecular flexibility index (Phi) is 10.3. The summed E-state index contributed by atoms with van der Waals surface area (Å²) in [6.45, 7) is 3.23. The minimum absolute atomic E-state index is 0.0172. The number of amides is 2. The van der Waals surface area contributed by atoms with E-state index in [1.54, 1.807) is 48.5 Å². The van der Waals surface area contributed by atoms with Crippen molar-refractivity contribution in [1.29, 1.82) is 0 Å². The van der Waals surface area contributed by atoms with Gasteiger partial charge in [-0.15, -0.1) is 0 Å². The summed E-state index contributed by atoms with van der Waals surface area (Å²) in [7, 11) is -2.73. The van der Waals surface area contributed by atoms with E-state index in [1.165, 1.54) is 30.1 Å². The van der Waals surface area contributed by atoms with Crippen LogP contribution in [-0.4, -0.2) is 44.8 Å². The molecule has 43 heavy (non-hydrogen) atoms. The minimum Gasteiger partial charge on any atom is -0.357 e. The van der Waals surface area contributed by atoms with Gasteiger partial charge in [0, 0.05) is 25.6 Å².